The number of aromatic nitrogens is 2. The van der Waals surface area contributed by atoms with Gasteiger partial charge < -0.3 is 9.64 Å². The summed E-state index contributed by atoms with van der Waals surface area (Å²) in [5, 5.41) is 0. The molecule has 0 bridgehead atoms. The second kappa shape index (κ2) is 7.25. The van der Waals surface area contributed by atoms with Gasteiger partial charge in [-0.2, -0.15) is 13.2 Å². The maximum absolute atomic E-state index is 13.9. The molecule has 3 rings (SSSR count). The number of halogens is 4. The van der Waals surface area contributed by atoms with Crippen molar-refractivity contribution in [3.8, 4) is 5.75 Å². The number of hydrogen-bond donors (Lipinski definition) is 0. The van der Waals surface area contributed by atoms with E-state index in [1.807, 2.05) is 4.90 Å². The predicted molar refractivity (Wildman–Crippen MR) is 83.9 cm³/mol. The van der Waals surface area contributed by atoms with Gasteiger partial charge in [-0.3, -0.25) is 4.98 Å². The van der Waals surface area contributed by atoms with Crippen molar-refractivity contribution in [2.75, 3.05) is 24.6 Å². The van der Waals surface area contributed by atoms with Crippen molar-refractivity contribution < 1.29 is 22.3 Å². The fourth-order valence-corrected chi connectivity index (χ4v) is 2.87. The Kier molecular flexibility index (Phi) is 5.06. The van der Waals surface area contributed by atoms with Gasteiger partial charge in [-0.15, -0.1) is 0 Å². The van der Waals surface area contributed by atoms with Gasteiger partial charge >= 0.3 is 6.18 Å². The Morgan fingerprint density at radius 3 is 2.80 bits per heavy atom. The Bertz CT molecular complexity index is 723. The SMILES string of the molecule is Fc1cccnc1N1CCCC(COc2ccnc(C(F)(F)F)c2)C1. The van der Waals surface area contributed by atoms with E-state index >= 15 is 0 Å². The molecule has 0 aliphatic carbocycles. The molecule has 1 aliphatic rings. The molecule has 0 saturated carbocycles. The number of nitrogens with zero attached hydrogens (tertiary/aromatic N) is 3. The van der Waals surface area contributed by atoms with Crippen LogP contribution in [0, 0.1) is 11.7 Å². The lowest BCUT2D eigenvalue weighted by molar-refractivity contribution is -0.141. The average molecular weight is 355 g/mol. The number of piperidine rings is 1. The van der Waals surface area contributed by atoms with Gasteiger partial charge in [0.1, 0.15) is 11.4 Å². The molecule has 2 aromatic heterocycles. The highest BCUT2D eigenvalue weighted by Crippen LogP contribution is 2.30. The van der Waals surface area contributed by atoms with E-state index in [-0.39, 0.29) is 24.1 Å². The van der Waals surface area contributed by atoms with Crippen molar-refractivity contribution in [3.05, 3.63) is 48.2 Å². The zero-order chi connectivity index (χ0) is 17.9. The van der Waals surface area contributed by atoms with Crippen molar-refractivity contribution in [2.24, 2.45) is 5.92 Å². The molecule has 8 heteroatoms. The highest BCUT2D eigenvalue weighted by Gasteiger charge is 2.32. The number of pyridine rings is 2. The second-order valence-electron chi connectivity index (χ2n) is 5.95. The van der Waals surface area contributed by atoms with Crippen LogP contribution in [0.4, 0.5) is 23.4 Å². The second-order valence-corrected chi connectivity index (χ2v) is 5.95. The van der Waals surface area contributed by atoms with E-state index < -0.39 is 11.9 Å². The molecular weight excluding hydrogens is 338 g/mol. The van der Waals surface area contributed by atoms with Crippen LogP contribution in [0.15, 0.2) is 36.7 Å². The molecule has 0 radical (unpaired) electrons. The van der Waals surface area contributed by atoms with Gasteiger partial charge in [-0.25, -0.2) is 9.37 Å². The van der Waals surface area contributed by atoms with Gasteiger partial charge in [0.2, 0.25) is 0 Å². The molecule has 3 heterocycles. The average Bonchev–Trinajstić information content (AvgIpc) is 2.60. The standard InChI is InChI=1S/C17H17F4N3O/c18-14-4-1-6-23-16(14)24-8-2-3-12(10-24)11-25-13-5-7-22-15(9-13)17(19,20)21/h1,4-7,9,12H,2-3,8,10-11H2. The summed E-state index contributed by atoms with van der Waals surface area (Å²) in [5.41, 5.74) is -0.981. The molecule has 2 aromatic rings. The van der Waals surface area contributed by atoms with Gasteiger partial charge in [0.15, 0.2) is 11.6 Å². The van der Waals surface area contributed by atoms with Crippen LogP contribution in [0.3, 0.4) is 0 Å². The van der Waals surface area contributed by atoms with E-state index in [0.29, 0.717) is 18.9 Å². The minimum atomic E-state index is -4.50. The Balaban J connectivity index is 1.61. The van der Waals surface area contributed by atoms with Crippen molar-refractivity contribution in [1.82, 2.24) is 9.97 Å². The molecule has 0 aromatic carbocycles. The van der Waals surface area contributed by atoms with Gasteiger partial charge in [-0.1, -0.05) is 0 Å². The molecule has 1 aliphatic heterocycles. The molecule has 0 amide bonds. The summed E-state index contributed by atoms with van der Waals surface area (Å²) in [5.74, 6) is 0.129. The quantitative estimate of drug-likeness (QED) is 0.779. The third kappa shape index (κ3) is 4.37. The third-order valence-electron chi connectivity index (χ3n) is 4.07. The molecule has 1 atom stereocenters. The molecule has 25 heavy (non-hydrogen) atoms. The molecule has 1 fully saturated rings. The fourth-order valence-electron chi connectivity index (χ4n) is 2.87. The fraction of sp³-hybridized carbons (Fsp3) is 0.412. The van der Waals surface area contributed by atoms with Gasteiger partial charge in [-0.05, 0) is 31.0 Å². The van der Waals surface area contributed by atoms with E-state index in [1.54, 1.807) is 0 Å². The summed E-state index contributed by atoms with van der Waals surface area (Å²) in [6.45, 7) is 1.50. The van der Waals surface area contributed by atoms with Gasteiger partial charge in [0.05, 0.1) is 6.61 Å². The summed E-state index contributed by atoms with van der Waals surface area (Å²) in [7, 11) is 0. The Morgan fingerprint density at radius 1 is 1.20 bits per heavy atom. The maximum Gasteiger partial charge on any atom is 0.433 e. The minimum Gasteiger partial charge on any atom is -0.493 e. The first-order chi connectivity index (χ1) is 11.9. The first-order valence-corrected chi connectivity index (χ1v) is 7.95. The molecule has 4 nitrogen and oxygen atoms in total. The van der Waals surface area contributed by atoms with Crippen LogP contribution in [0.5, 0.6) is 5.75 Å². The number of hydrogen-bond acceptors (Lipinski definition) is 4. The van der Waals surface area contributed by atoms with E-state index in [0.717, 1.165) is 25.1 Å². The van der Waals surface area contributed by atoms with Crippen molar-refractivity contribution in [1.29, 1.82) is 0 Å². The summed E-state index contributed by atoms with van der Waals surface area (Å²) in [6, 6.07) is 5.18. The van der Waals surface area contributed by atoms with Crippen LogP contribution in [0.25, 0.3) is 0 Å². The number of anilines is 1. The highest BCUT2D eigenvalue weighted by atomic mass is 19.4. The summed E-state index contributed by atoms with van der Waals surface area (Å²) in [4.78, 5) is 9.22. The lowest BCUT2D eigenvalue weighted by atomic mass is 9.99. The van der Waals surface area contributed by atoms with Gasteiger partial charge in [0.25, 0.3) is 0 Å². The molecule has 0 N–H and O–H groups in total. The third-order valence-corrected chi connectivity index (χ3v) is 4.07. The monoisotopic (exact) mass is 355 g/mol. The van der Waals surface area contributed by atoms with Gasteiger partial charge in [0, 0.05) is 37.5 Å². The van der Waals surface area contributed by atoms with Crippen LogP contribution < -0.4 is 9.64 Å². The Labute approximate surface area is 142 Å². The van der Waals surface area contributed by atoms with Crippen molar-refractivity contribution >= 4 is 5.82 Å². The largest absolute Gasteiger partial charge is 0.493 e. The zero-order valence-corrected chi connectivity index (χ0v) is 13.3. The Hall–Kier alpha value is -2.38. The first-order valence-electron chi connectivity index (χ1n) is 7.95. The first kappa shape index (κ1) is 17.4. The minimum absolute atomic E-state index is 0.0812. The lowest BCUT2D eigenvalue weighted by Gasteiger charge is -2.33. The van der Waals surface area contributed by atoms with Crippen molar-refractivity contribution in [3.63, 3.8) is 0 Å². The Morgan fingerprint density at radius 2 is 2.04 bits per heavy atom. The summed E-state index contributed by atoms with van der Waals surface area (Å²) >= 11 is 0. The van der Waals surface area contributed by atoms with E-state index in [2.05, 4.69) is 9.97 Å². The molecule has 1 saturated heterocycles. The summed E-state index contributed by atoms with van der Waals surface area (Å²) in [6.07, 6.45) is -0.184. The topological polar surface area (TPSA) is 38.2 Å². The molecule has 1 unspecified atom stereocenters. The number of ether oxygens (including phenoxy) is 1. The van der Waals surface area contributed by atoms with Crippen LogP contribution in [0.2, 0.25) is 0 Å². The van der Waals surface area contributed by atoms with E-state index in [9.17, 15) is 17.6 Å². The number of alkyl halides is 3. The maximum atomic E-state index is 13.9. The molecule has 0 spiro atoms. The molecule has 134 valence electrons. The van der Waals surface area contributed by atoms with E-state index in [1.165, 1.54) is 24.4 Å². The molecular formula is C17H17F4N3O. The summed E-state index contributed by atoms with van der Waals surface area (Å²) < 4.78 is 57.4. The lowest BCUT2D eigenvalue weighted by Crippen LogP contribution is -2.38. The van der Waals surface area contributed by atoms with E-state index in [4.69, 9.17) is 4.74 Å². The normalized spacial score (nSPS) is 18.2. The van der Waals surface area contributed by atoms with Crippen molar-refractivity contribution in [2.45, 2.75) is 19.0 Å². The van der Waals surface area contributed by atoms with Crippen LogP contribution >= 0.6 is 0 Å². The number of rotatable bonds is 4. The zero-order valence-electron chi connectivity index (χ0n) is 13.3. The van der Waals surface area contributed by atoms with Crippen LogP contribution in [0.1, 0.15) is 18.5 Å². The smallest absolute Gasteiger partial charge is 0.433 e. The van der Waals surface area contributed by atoms with Crippen LogP contribution in [-0.4, -0.2) is 29.7 Å². The highest BCUT2D eigenvalue weighted by molar-refractivity contribution is 5.40. The predicted octanol–water partition coefficient (Wildman–Crippen LogP) is 3.93. The van der Waals surface area contributed by atoms with Crippen LogP contribution in [-0.2, 0) is 6.18 Å².